The first-order valence-electron chi connectivity index (χ1n) is 29.2. The van der Waals surface area contributed by atoms with Crippen molar-refractivity contribution in [3.05, 3.63) is 114 Å². The molecular formula is C61H92BN3O19. The highest BCUT2D eigenvalue weighted by molar-refractivity contribution is 6.62. The van der Waals surface area contributed by atoms with Crippen LogP contribution in [0.5, 0.6) is 0 Å². The molecule has 23 heteroatoms. The molecule has 4 aliphatic heterocycles. The average Bonchev–Trinajstić information content (AvgIpc) is 3.84. The lowest BCUT2D eigenvalue weighted by molar-refractivity contribution is -0.307. The highest BCUT2D eigenvalue weighted by atomic mass is 16.7. The number of ether oxygens (including phenoxy) is 4. The van der Waals surface area contributed by atoms with Gasteiger partial charge >= 0.3 is 13.1 Å². The molecule has 2 bridgehead atoms. The Bertz CT molecular complexity index is 2440. The molecule has 1 aromatic carbocycles. The zero-order valence-corrected chi connectivity index (χ0v) is 49.1. The van der Waals surface area contributed by atoms with Crippen molar-refractivity contribution in [2.45, 2.75) is 196 Å². The van der Waals surface area contributed by atoms with Crippen molar-refractivity contribution in [1.82, 2.24) is 15.5 Å². The number of rotatable bonds is 10. The third-order valence-electron chi connectivity index (χ3n) is 15.7. The maximum Gasteiger partial charge on any atom is 0.492 e. The first-order chi connectivity index (χ1) is 39.9. The van der Waals surface area contributed by atoms with E-state index in [1.54, 1.807) is 86.7 Å². The molecule has 0 spiro atoms. The number of esters is 1. The smallest absolute Gasteiger partial charge is 0.462 e. The Morgan fingerprint density at radius 1 is 0.738 bits per heavy atom. The lowest BCUT2D eigenvalue weighted by Gasteiger charge is -2.46. The standard InChI is InChI=1S/C61H92BN3O19/c1-37-20-17-15-13-11-9-7-8-10-12-14-16-18-23-46(83-60-58(76)55(57(75)40(4)82-60)64-51(72)27-24-41-21-19-22-42-36-80-62(79)54(41)42)33-50-53(59(77)63-28-29-65(5)6)49(71)35-61(78,84-50)34-45(68)31-48(70)47(69)26-25-43(66)30-44(67)32-52(73)81-39(3)38(2)56(37)74/h7-23,37-40,43-50,53,55-58,60,66-71,74-76,78-79H,24-36H2,1-6H3,(H,63,77)(H,64,72)/t37-,38-,39-,40+,43+,44+,45-,46-,47+,48+,49-,50-,53+,55-,56+,57+,58-,60-,61+/m0/s1. The molecule has 19 atom stereocenters. The third kappa shape index (κ3) is 22.2. The lowest BCUT2D eigenvalue weighted by Crippen LogP contribution is -2.64. The van der Waals surface area contributed by atoms with Gasteiger partial charge in [-0.1, -0.05) is 117 Å². The topological polar surface area (TPSA) is 347 Å². The number of nitrogens with one attached hydrogen (secondary N) is 2. The molecule has 4 aliphatic rings. The number of amides is 2. The van der Waals surface area contributed by atoms with Gasteiger partial charge in [-0.3, -0.25) is 14.4 Å². The second-order valence-corrected chi connectivity index (χ2v) is 23.0. The Hall–Kier alpha value is -4.77. The van der Waals surface area contributed by atoms with Gasteiger partial charge in [0.1, 0.15) is 18.3 Å². The Labute approximate surface area is 493 Å². The molecule has 468 valence electrons. The SMILES string of the molecule is C[C@@H]1[C@H](O)[C@@H](C)C=CC=CC=CC=CC=CC=CC=C[C@H](O[C@@H]2O[C@H](C)[C@@H](O)[C@H](NC(=O)CCc3cccc4c3B(O)OC4)[C@@H]2O)C[C@@H]2O[C@](O)(C[C@@H](O)C[C@@H](O)[C@H](O)CC[C@@H](O)C[C@@H](O)CC(=O)O[C@H]1C)C[C@H](O)[C@H]2C(=O)NCCN(C)C. The van der Waals surface area contributed by atoms with Crippen molar-refractivity contribution < 1.29 is 94.1 Å². The fourth-order valence-electron chi connectivity index (χ4n) is 10.7. The van der Waals surface area contributed by atoms with Gasteiger partial charge in [0.25, 0.3) is 0 Å². The van der Waals surface area contributed by atoms with E-state index in [0.29, 0.717) is 17.6 Å². The maximum atomic E-state index is 14.0. The number of cyclic esters (lactones) is 1. The van der Waals surface area contributed by atoms with Crippen molar-refractivity contribution in [2.75, 3.05) is 27.2 Å². The summed E-state index contributed by atoms with van der Waals surface area (Å²) in [5, 5.41) is 128. The van der Waals surface area contributed by atoms with Crippen molar-refractivity contribution in [1.29, 1.82) is 0 Å². The normalized spacial score (nSPS) is 35.8. The maximum absolute atomic E-state index is 14.0. The number of fused-ring (bicyclic) bond motifs is 3. The highest BCUT2D eigenvalue weighted by Gasteiger charge is 2.51. The first-order valence-corrected chi connectivity index (χ1v) is 29.2. The molecule has 0 unspecified atom stereocenters. The summed E-state index contributed by atoms with van der Waals surface area (Å²) in [4.78, 5) is 42.2. The van der Waals surface area contributed by atoms with E-state index in [0.717, 1.165) is 5.56 Å². The van der Waals surface area contributed by atoms with Crippen LogP contribution in [0.4, 0.5) is 0 Å². The lowest BCUT2D eigenvalue weighted by atomic mass is 9.75. The average molecular weight is 1180 g/mol. The van der Waals surface area contributed by atoms with Crippen LogP contribution in [-0.4, -0.2) is 211 Å². The molecule has 2 amide bonds. The quantitative estimate of drug-likeness (QED) is 0.111. The van der Waals surface area contributed by atoms with Crippen LogP contribution in [0.25, 0.3) is 0 Å². The molecule has 1 aromatic rings. The summed E-state index contributed by atoms with van der Waals surface area (Å²) in [7, 11) is 2.49. The van der Waals surface area contributed by atoms with Crippen molar-refractivity contribution >= 4 is 30.4 Å². The number of hydrogen-bond acceptors (Lipinski definition) is 20. The summed E-state index contributed by atoms with van der Waals surface area (Å²) in [6, 6.07) is 4.11. The van der Waals surface area contributed by atoms with E-state index in [9.17, 15) is 70.5 Å². The van der Waals surface area contributed by atoms with E-state index >= 15 is 0 Å². The largest absolute Gasteiger partial charge is 0.492 e. The first kappa shape index (κ1) is 70.0. The molecule has 0 aliphatic carbocycles. The number of likely N-dealkylation sites (N-methyl/N-ethyl adjacent to an activating group) is 1. The number of hydrogen-bond donors (Lipinski definition) is 13. The molecule has 0 aromatic heterocycles. The predicted molar refractivity (Wildman–Crippen MR) is 312 cm³/mol. The summed E-state index contributed by atoms with van der Waals surface area (Å²) in [5.74, 6) is -6.31. The van der Waals surface area contributed by atoms with Crippen LogP contribution < -0.4 is 16.1 Å². The van der Waals surface area contributed by atoms with Crippen molar-refractivity contribution in [3.63, 3.8) is 0 Å². The van der Waals surface area contributed by atoms with Crippen LogP contribution in [0, 0.1) is 17.8 Å². The van der Waals surface area contributed by atoms with Gasteiger partial charge in [-0.2, -0.15) is 0 Å². The summed E-state index contributed by atoms with van der Waals surface area (Å²) in [5.41, 5.74) is 2.11. The molecule has 84 heavy (non-hydrogen) atoms. The summed E-state index contributed by atoms with van der Waals surface area (Å²) in [6.45, 7) is 7.60. The number of nitrogens with zero attached hydrogens (tertiary/aromatic N) is 1. The van der Waals surface area contributed by atoms with E-state index in [4.69, 9.17) is 23.6 Å². The number of carbonyl (C=O) groups is 3. The molecular weight excluding hydrogens is 1090 g/mol. The van der Waals surface area contributed by atoms with Gasteiger partial charge in [0.15, 0.2) is 12.1 Å². The molecule has 0 radical (unpaired) electrons. The Balaban J connectivity index is 1.40. The molecule has 2 fully saturated rings. The van der Waals surface area contributed by atoms with Crippen molar-refractivity contribution in [2.24, 2.45) is 17.8 Å². The Morgan fingerprint density at radius 2 is 1.38 bits per heavy atom. The van der Waals surface area contributed by atoms with Crippen LogP contribution in [0.1, 0.15) is 96.6 Å². The minimum atomic E-state index is -2.33. The van der Waals surface area contributed by atoms with Crippen LogP contribution in [0.2, 0.25) is 0 Å². The minimum absolute atomic E-state index is 0.0762. The number of carbonyl (C=O) groups excluding carboxylic acids is 3. The molecule has 4 heterocycles. The van der Waals surface area contributed by atoms with E-state index < -0.39 is 160 Å². The number of benzene rings is 1. The Morgan fingerprint density at radius 3 is 2.04 bits per heavy atom. The molecule has 13 N–H and O–H groups in total. The van der Waals surface area contributed by atoms with Gasteiger partial charge in [-0.15, -0.1) is 0 Å². The van der Waals surface area contributed by atoms with Gasteiger partial charge in [-0.25, -0.2) is 0 Å². The van der Waals surface area contributed by atoms with Gasteiger partial charge in [0.2, 0.25) is 11.8 Å². The van der Waals surface area contributed by atoms with Crippen LogP contribution in [0.15, 0.2) is 103 Å². The summed E-state index contributed by atoms with van der Waals surface area (Å²) < 4.78 is 29.7. The van der Waals surface area contributed by atoms with E-state index in [-0.39, 0.29) is 57.6 Å². The van der Waals surface area contributed by atoms with E-state index in [2.05, 4.69) is 10.6 Å². The minimum Gasteiger partial charge on any atom is -0.462 e. The van der Waals surface area contributed by atoms with Gasteiger partial charge < -0.3 is 95.2 Å². The van der Waals surface area contributed by atoms with Crippen molar-refractivity contribution in [3.8, 4) is 0 Å². The van der Waals surface area contributed by atoms with Gasteiger partial charge in [-0.05, 0) is 70.2 Å². The third-order valence-corrected chi connectivity index (χ3v) is 15.7. The number of allylic oxidation sites excluding steroid dienone is 12. The molecule has 5 rings (SSSR count). The van der Waals surface area contributed by atoms with Crippen LogP contribution in [0.3, 0.4) is 0 Å². The highest BCUT2D eigenvalue weighted by Crippen LogP contribution is 2.38. The van der Waals surface area contributed by atoms with Crippen LogP contribution >= 0.6 is 0 Å². The number of aryl methyl sites for hydroxylation is 1. The monoisotopic (exact) mass is 1180 g/mol. The molecule has 2 saturated heterocycles. The van der Waals surface area contributed by atoms with E-state index in [1.165, 1.54) is 6.92 Å². The van der Waals surface area contributed by atoms with Gasteiger partial charge in [0.05, 0.1) is 86.0 Å². The fraction of sp³-hybridized carbons (Fsp3) is 0.623. The second-order valence-electron chi connectivity index (χ2n) is 23.0. The van der Waals surface area contributed by atoms with E-state index in [1.807, 2.05) is 56.3 Å². The second kappa shape index (κ2) is 34.5. The van der Waals surface area contributed by atoms with Crippen LogP contribution in [-0.2, 0) is 51.0 Å². The number of aliphatic hydroxyl groups is 10. The van der Waals surface area contributed by atoms with Gasteiger partial charge in [0, 0.05) is 57.0 Å². The molecule has 22 nitrogen and oxygen atoms in total. The summed E-state index contributed by atoms with van der Waals surface area (Å²) in [6.07, 6.45) is 3.26. The zero-order valence-electron chi connectivity index (χ0n) is 49.1. The summed E-state index contributed by atoms with van der Waals surface area (Å²) >= 11 is 0. The zero-order chi connectivity index (χ0) is 61.7. The Kier molecular flexibility index (Phi) is 28.8. The fourth-order valence-corrected chi connectivity index (χ4v) is 10.7. The predicted octanol–water partition coefficient (Wildman–Crippen LogP) is 0.313. The number of aliphatic hydroxyl groups excluding tert-OH is 9. The molecule has 0 saturated carbocycles.